The van der Waals surface area contributed by atoms with Crippen LogP contribution in [0.25, 0.3) is 0 Å². The lowest BCUT2D eigenvalue weighted by atomic mass is 9.94. The second-order valence-electron chi connectivity index (χ2n) is 6.34. The Bertz CT molecular complexity index is 447. The predicted molar refractivity (Wildman–Crippen MR) is 91.3 cm³/mol. The predicted octanol–water partition coefficient (Wildman–Crippen LogP) is 4.35. The molecule has 112 valence electrons. The Labute approximate surface area is 131 Å². The molecule has 1 aromatic carbocycles. The van der Waals surface area contributed by atoms with Gasteiger partial charge in [-0.15, -0.1) is 0 Å². The van der Waals surface area contributed by atoms with Gasteiger partial charge in [0.05, 0.1) is 5.69 Å². The van der Waals surface area contributed by atoms with E-state index in [1.807, 2.05) is 0 Å². The monoisotopic (exact) mass is 338 g/mol. The van der Waals surface area contributed by atoms with Gasteiger partial charge in [-0.25, -0.2) is 0 Å². The summed E-state index contributed by atoms with van der Waals surface area (Å²) in [4.78, 5) is 2.54. The van der Waals surface area contributed by atoms with E-state index in [9.17, 15) is 0 Å². The Morgan fingerprint density at radius 3 is 2.75 bits per heavy atom. The first-order valence-electron chi connectivity index (χ1n) is 7.81. The van der Waals surface area contributed by atoms with Crippen molar-refractivity contribution in [2.24, 2.45) is 11.7 Å². The number of hydrogen-bond acceptors (Lipinski definition) is 2. The standard InChI is InChI=1S/C17H27BrN2/c1-4-15(19)9-14-7-8-17(16(18)10-14)20-11-12(2)5-6-13(20)3/h7-8,10,12-13,15H,4-6,9,11,19H2,1-3H3. The molecule has 20 heavy (non-hydrogen) atoms. The van der Waals surface area contributed by atoms with Crippen molar-refractivity contribution in [3.8, 4) is 0 Å². The topological polar surface area (TPSA) is 29.3 Å². The molecule has 0 spiro atoms. The van der Waals surface area contributed by atoms with E-state index in [1.165, 1.54) is 28.6 Å². The van der Waals surface area contributed by atoms with Crippen LogP contribution < -0.4 is 10.6 Å². The van der Waals surface area contributed by atoms with Gasteiger partial charge in [-0.3, -0.25) is 0 Å². The molecule has 0 bridgehead atoms. The maximum atomic E-state index is 6.05. The highest BCUT2D eigenvalue weighted by Gasteiger charge is 2.24. The molecule has 3 atom stereocenters. The van der Waals surface area contributed by atoms with Crippen molar-refractivity contribution in [1.29, 1.82) is 0 Å². The molecular weight excluding hydrogens is 312 g/mol. The molecule has 0 aliphatic carbocycles. The summed E-state index contributed by atoms with van der Waals surface area (Å²) in [5.41, 5.74) is 8.71. The van der Waals surface area contributed by atoms with Gasteiger partial charge < -0.3 is 10.6 Å². The van der Waals surface area contributed by atoms with E-state index < -0.39 is 0 Å². The van der Waals surface area contributed by atoms with Crippen molar-refractivity contribution in [1.82, 2.24) is 0 Å². The van der Waals surface area contributed by atoms with Gasteiger partial charge in [0.25, 0.3) is 0 Å². The number of nitrogens with two attached hydrogens (primary N) is 1. The molecule has 2 rings (SSSR count). The van der Waals surface area contributed by atoms with E-state index in [-0.39, 0.29) is 6.04 Å². The zero-order valence-corrected chi connectivity index (χ0v) is 14.5. The third-order valence-electron chi connectivity index (χ3n) is 4.46. The van der Waals surface area contributed by atoms with Crippen LogP contribution in [0.15, 0.2) is 22.7 Å². The third kappa shape index (κ3) is 3.76. The SMILES string of the molecule is CCC(N)Cc1ccc(N2CC(C)CCC2C)c(Br)c1. The number of hydrogen-bond donors (Lipinski definition) is 1. The van der Waals surface area contributed by atoms with Crippen molar-refractivity contribution in [3.63, 3.8) is 0 Å². The molecular formula is C17H27BrN2. The third-order valence-corrected chi connectivity index (χ3v) is 5.10. The average Bonchev–Trinajstić information content (AvgIpc) is 2.42. The molecule has 1 aliphatic heterocycles. The van der Waals surface area contributed by atoms with Crippen LogP contribution in [0.2, 0.25) is 0 Å². The zero-order chi connectivity index (χ0) is 14.7. The van der Waals surface area contributed by atoms with Crippen LogP contribution in [0.4, 0.5) is 5.69 Å². The number of halogens is 1. The Kier molecular flexibility index (Phi) is 5.50. The second-order valence-corrected chi connectivity index (χ2v) is 7.20. The van der Waals surface area contributed by atoms with Crippen LogP contribution in [-0.4, -0.2) is 18.6 Å². The van der Waals surface area contributed by atoms with Crippen LogP contribution in [0.1, 0.15) is 45.6 Å². The summed E-state index contributed by atoms with van der Waals surface area (Å²) in [6, 6.07) is 7.64. The van der Waals surface area contributed by atoms with E-state index >= 15 is 0 Å². The molecule has 0 saturated carbocycles. The lowest BCUT2D eigenvalue weighted by Crippen LogP contribution is -2.41. The minimum Gasteiger partial charge on any atom is -0.368 e. The number of benzene rings is 1. The lowest BCUT2D eigenvalue weighted by molar-refractivity contribution is 0.390. The van der Waals surface area contributed by atoms with Gasteiger partial charge in [-0.05, 0) is 72.2 Å². The van der Waals surface area contributed by atoms with Gasteiger partial charge in [0.2, 0.25) is 0 Å². The van der Waals surface area contributed by atoms with E-state index in [0.717, 1.165) is 25.3 Å². The summed E-state index contributed by atoms with van der Waals surface area (Å²) in [7, 11) is 0. The fourth-order valence-corrected chi connectivity index (χ4v) is 3.64. The Morgan fingerprint density at radius 2 is 2.10 bits per heavy atom. The smallest absolute Gasteiger partial charge is 0.0513 e. The van der Waals surface area contributed by atoms with Crippen molar-refractivity contribution in [2.75, 3.05) is 11.4 Å². The van der Waals surface area contributed by atoms with E-state index in [1.54, 1.807) is 0 Å². The molecule has 3 heteroatoms. The minimum atomic E-state index is 0.265. The molecule has 1 aromatic rings. The maximum absolute atomic E-state index is 6.05. The molecule has 2 nitrogen and oxygen atoms in total. The molecule has 1 saturated heterocycles. The van der Waals surface area contributed by atoms with Crippen LogP contribution in [0.5, 0.6) is 0 Å². The van der Waals surface area contributed by atoms with Gasteiger partial charge in [-0.2, -0.15) is 0 Å². The van der Waals surface area contributed by atoms with E-state index in [0.29, 0.717) is 6.04 Å². The van der Waals surface area contributed by atoms with Crippen LogP contribution >= 0.6 is 15.9 Å². The number of rotatable bonds is 4. The highest BCUT2D eigenvalue weighted by molar-refractivity contribution is 9.10. The highest BCUT2D eigenvalue weighted by Crippen LogP contribution is 2.33. The minimum absolute atomic E-state index is 0.265. The molecule has 1 fully saturated rings. The van der Waals surface area contributed by atoms with Gasteiger partial charge in [0, 0.05) is 23.1 Å². The summed E-state index contributed by atoms with van der Waals surface area (Å²) in [6.07, 6.45) is 4.62. The average molecular weight is 339 g/mol. The summed E-state index contributed by atoms with van der Waals surface area (Å²) in [6.45, 7) is 7.99. The normalized spacial score (nSPS) is 24.8. The first kappa shape index (κ1) is 15.8. The summed E-state index contributed by atoms with van der Waals surface area (Å²) >= 11 is 3.76. The van der Waals surface area contributed by atoms with Crippen LogP contribution in [0, 0.1) is 5.92 Å². The number of anilines is 1. The Hall–Kier alpha value is -0.540. The first-order valence-corrected chi connectivity index (χ1v) is 8.61. The van der Waals surface area contributed by atoms with E-state index in [2.05, 4.69) is 59.8 Å². The fourth-order valence-electron chi connectivity index (χ4n) is 2.98. The summed E-state index contributed by atoms with van der Waals surface area (Å²) in [5, 5.41) is 0. The molecule has 1 heterocycles. The zero-order valence-electron chi connectivity index (χ0n) is 12.9. The fraction of sp³-hybridized carbons (Fsp3) is 0.647. The number of piperidine rings is 1. The van der Waals surface area contributed by atoms with Crippen molar-refractivity contribution in [2.45, 2.75) is 58.5 Å². The Balaban J connectivity index is 2.16. The number of nitrogens with zero attached hydrogens (tertiary/aromatic N) is 1. The second kappa shape index (κ2) is 6.95. The van der Waals surface area contributed by atoms with Crippen LogP contribution in [-0.2, 0) is 6.42 Å². The van der Waals surface area contributed by atoms with Crippen molar-refractivity contribution < 1.29 is 0 Å². The largest absolute Gasteiger partial charge is 0.368 e. The Morgan fingerprint density at radius 1 is 1.35 bits per heavy atom. The van der Waals surface area contributed by atoms with Crippen LogP contribution in [0.3, 0.4) is 0 Å². The molecule has 0 amide bonds. The van der Waals surface area contributed by atoms with Gasteiger partial charge >= 0.3 is 0 Å². The molecule has 3 unspecified atom stereocenters. The first-order chi connectivity index (χ1) is 9.51. The van der Waals surface area contributed by atoms with Crippen molar-refractivity contribution >= 4 is 21.6 Å². The summed E-state index contributed by atoms with van der Waals surface area (Å²) < 4.78 is 1.21. The lowest BCUT2D eigenvalue weighted by Gasteiger charge is -2.39. The molecule has 1 aliphatic rings. The van der Waals surface area contributed by atoms with E-state index in [4.69, 9.17) is 5.73 Å². The van der Waals surface area contributed by atoms with Gasteiger partial charge in [0.1, 0.15) is 0 Å². The highest BCUT2D eigenvalue weighted by atomic mass is 79.9. The molecule has 2 N–H and O–H groups in total. The van der Waals surface area contributed by atoms with Gasteiger partial charge in [-0.1, -0.05) is 19.9 Å². The van der Waals surface area contributed by atoms with Crippen molar-refractivity contribution in [3.05, 3.63) is 28.2 Å². The van der Waals surface area contributed by atoms with Gasteiger partial charge in [0.15, 0.2) is 0 Å². The molecule has 0 radical (unpaired) electrons. The maximum Gasteiger partial charge on any atom is 0.0513 e. The quantitative estimate of drug-likeness (QED) is 0.883. The summed E-state index contributed by atoms with van der Waals surface area (Å²) in [5.74, 6) is 0.784. The molecule has 0 aromatic heterocycles.